The minimum atomic E-state index is -0.994. The first-order chi connectivity index (χ1) is 21.9. The van der Waals surface area contributed by atoms with E-state index in [1.165, 1.54) is 31.7 Å². The van der Waals surface area contributed by atoms with Crippen LogP contribution in [0.4, 0.5) is 8.78 Å². The predicted molar refractivity (Wildman–Crippen MR) is 173 cm³/mol. The summed E-state index contributed by atoms with van der Waals surface area (Å²) in [6.07, 6.45) is 15.2. The number of halogens is 3. The number of aromatic amines is 1. The fourth-order valence-electron chi connectivity index (χ4n) is 6.52. The number of aromatic nitrogens is 2. The van der Waals surface area contributed by atoms with Gasteiger partial charge in [0, 0.05) is 36.8 Å². The van der Waals surface area contributed by atoms with Gasteiger partial charge in [-0.05, 0) is 87.5 Å². The van der Waals surface area contributed by atoms with Crippen LogP contribution in [-0.4, -0.2) is 64.4 Å². The van der Waals surface area contributed by atoms with Crippen LogP contribution >= 0.6 is 11.6 Å². The lowest BCUT2D eigenvalue weighted by atomic mass is 9.94. The summed E-state index contributed by atoms with van der Waals surface area (Å²) in [5.74, 6) is -2.62. The first-order valence-corrected chi connectivity index (χ1v) is 16.9. The Bertz CT molecular complexity index is 1420. The number of pyridine rings is 1. The Labute approximate surface area is 269 Å². The summed E-state index contributed by atoms with van der Waals surface area (Å²) in [6.45, 7) is 3.49. The molecule has 1 aromatic carbocycles. The fourth-order valence-corrected chi connectivity index (χ4v) is 6.72. The number of piperidine rings is 1. The second kappa shape index (κ2) is 16.5. The van der Waals surface area contributed by atoms with Crippen molar-refractivity contribution in [2.24, 2.45) is 0 Å². The maximum atomic E-state index is 14.1. The van der Waals surface area contributed by atoms with Gasteiger partial charge < -0.3 is 25.8 Å². The molecule has 2 atom stereocenters. The highest BCUT2D eigenvalue weighted by molar-refractivity contribution is 6.35. The number of likely N-dealkylation sites (tertiary alicyclic amines) is 1. The highest BCUT2D eigenvalue weighted by Crippen LogP contribution is 2.22. The summed E-state index contributed by atoms with van der Waals surface area (Å²) in [5.41, 5.74) is 1.79. The lowest BCUT2D eigenvalue weighted by molar-refractivity contribution is -0.130. The van der Waals surface area contributed by atoms with Gasteiger partial charge in [0.15, 0.2) is 11.6 Å². The summed E-state index contributed by atoms with van der Waals surface area (Å²) in [7, 11) is 0. The van der Waals surface area contributed by atoms with Crippen molar-refractivity contribution in [3.63, 3.8) is 0 Å². The number of nitrogens with one attached hydrogen (secondary N) is 4. The number of nitrogens with zero attached hydrogens (tertiary/aromatic N) is 2. The number of amides is 2. The topological polar surface area (TPSA) is 102 Å². The molecule has 11 heteroatoms. The van der Waals surface area contributed by atoms with Gasteiger partial charge in [-0.2, -0.15) is 0 Å². The summed E-state index contributed by atoms with van der Waals surface area (Å²) in [4.78, 5) is 37.3. The van der Waals surface area contributed by atoms with E-state index in [-0.39, 0.29) is 24.9 Å². The van der Waals surface area contributed by atoms with Crippen LogP contribution < -0.4 is 16.0 Å². The van der Waals surface area contributed by atoms with Gasteiger partial charge in [0.25, 0.3) is 0 Å². The number of hydrogen-bond donors (Lipinski definition) is 4. The van der Waals surface area contributed by atoms with Crippen molar-refractivity contribution < 1.29 is 18.4 Å². The summed E-state index contributed by atoms with van der Waals surface area (Å²) >= 11 is 6.24. The lowest BCUT2D eigenvalue weighted by Gasteiger charge is -2.30. The van der Waals surface area contributed by atoms with Gasteiger partial charge in [0.05, 0.1) is 11.1 Å². The molecule has 1 saturated heterocycles. The molecule has 45 heavy (non-hydrogen) atoms. The smallest absolute Gasteiger partial charge is 0.243 e. The molecule has 244 valence electrons. The van der Waals surface area contributed by atoms with Crippen molar-refractivity contribution in [3.05, 3.63) is 64.4 Å². The molecule has 2 fully saturated rings. The molecule has 3 aromatic rings. The third-order valence-corrected chi connectivity index (χ3v) is 9.40. The number of carbonyl (C=O) groups is 2. The summed E-state index contributed by atoms with van der Waals surface area (Å²) in [5, 5.41) is 10.7. The van der Waals surface area contributed by atoms with Crippen LogP contribution in [0.5, 0.6) is 0 Å². The molecular formula is C34H45ClF2N6O2. The van der Waals surface area contributed by atoms with Crippen molar-refractivity contribution in [1.82, 2.24) is 30.8 Å². The number of carbonyl (C=O) groups excluding carboxylic acids is 2. The number of benzene rings is 1. The Hall–Kier alpha value is -3.08. The molecular weight excluding hydrogens is 598 g/mol. The number of rotatable bonds is 14. The molecule has 0 spiro atoms. The fraction of sp³-hybridized carbons (Fsp3) is 0.559. The molecule has 0 bridgehead atoms. The zero-order valence-electron chi connectivity index (χ0n) is 25.9. The third kappa shape index (κ3) is 9.70. The van der Waals surface area contributed by atoms with Crippen molar-refractivity contribution in [3.8, 4) is 0 Å². The van der Waals surface area contributed by atoms with E-state index >= 15 is 0 Å². The minimum absolute atomic E-state index is 0.0147. The average Bonchev–Trinajstić information content (AvgIpc) is 3.43. The second-order valence-corrected chi connectivity index (χ2v) is 13.0. The average molecular weight is 643 g/mol. The van der Waals surface area contributed by atoms with Crippen LogP contribution in [0, 0.1) is 11.6 Å². The predicted octanol–water partition coefficient (Wildman–Crippen LogP) is 5.79. The number of unbranched alkanes of at least 4 members (excludes halogenated alkanes) is 1. The van der Waals surface area contributed by atoms with Crippen molar-refractivity contribution >= 4 is 34.4 Å². The highest BCUT2D eigenvalue weighted by atomic mass is 35.5. The van der Waals surface area contributed by atoms with E-state index in [4.69, 9.17) is 11.6 Å². The standard InChI is InChI=1S/C34H45ClF2N6O2/c35-27-22-39-32-26(27)17-24(20-38-32)21-40-33(44)31(19-23-12-13-28(36)29(37)18-23)42-34(45)30(41-25-9-3-1-4-10-25)11-5-8-16-43-14-6-2-7-15-43/h12-13,17-18,20,22,25,30-31,41H,1-11,14-16,19,21H2,(H,38,39)(H,40,44)(H,42,45)/t30-,31+/m1/s1. The van der Waals surface area contributed by atoms with Gasteiger partial charge in [0.1, 0.15) is 11.7 Å². The molecule has 0 radical (unpaired) electrons. The largest absolute Gasteiger partial charge is 0.350 e. The van der Waals surface area contributed by atoms with Crippen LogP contribution in [0.15, 0.2) is 36.7 Å². The second-order valence-electron chi connectivity index (χ2n) is 12.6. The monoisotopic (exact) mass is 642 g/mol. The van der Waals surface area contributed by atoms with Gasteiger partial charge in [-0.1, -0.05) is 49.8 Å². The lowest BCUT2D eigenvalue weighted by Crippen LogP contribution is -2.55. The first kappa shape index (κ1) is 33.3. The van der Waals surface area contributed by atoms with Crippen LogP contribution in [0.3, 0.4) is 0 Å². The zero-order chi connectivity index (χ0) is 31.6. The van der Waals surface area contributed by atoms with Gasteiger partial charge in [-0.15, -0.1) is 0 Å². The van der Waals surface area contributed by atoms with Crippen molar-refractivity contribution in [2.45, 2.75) is 102 Å². The normalized spacial score (nSPS) is 17.7. The third-order valence-electron chi connectivity index (χ3n) is 9.09. The van der Waals surface area contributed by atoms with E-state index in [1.54, 1.807) is 12.4 Å². The maximum absolute atomic E-state index is 14.1. The SMILES string of the molecule is O=C(NCc1cnc2[nH]cc(Cl)c2c1)[C@H](Cc1ccc(F)c(F)c1)NC(=O)[C@@H](CCCCN1CCCCC1)NC1CCCCC1. The molecule has 8 nitrogen and oxygen atoms in total. The van der Waals surface area contributed by atoms with E-state index in [0.29, 0.717) is 22.7 Å². The molecule has 1 aliphatic carbocycles. The highest BCUT2D eigenvalue weighted by Gasteiger charge is 2.28. The molecule has 0 unspecified atom stereocenters. The zero-order valence-corrected chi connectivity index (χ0v) is 26.6. The van der Waals surface area contributed by atoms with E-state index in [0.717, 1.165) is 81.2 Å². The Kier molecular flexibility index (Phi) is 12.2. The molecule has 4 N–H and O–H groups in total. The minimum Gasteiger partial charge on any atom is -0.350 e. The van der Waals surface area contributed by atoms with Crippen molar-refractivity contribution in [1.29, 1.82) is 0 Å². The summed E-state index contributed by atoms with van der Waals surface area (Å²) < 4.78 is 27.8. The summed E-state index contributed by atoms with van der Waals surface area (Å²) in [6, 6.07) is 4.23. The van der Waals surface area contributed by atoms with Gasteiger partial charge >= 0.3 is 0 Å². The number of hydrogen-bond acceptors (Lipinski definition) is 5. The quantitative estimate of drug-likeness (QED) is 0.167. The van der Waals surface area contributed by atoms with Crippen LogP contribution in [0.25, 0.3) is 11.0 Å². The first-order valence-electron chi connectivity index (χ1n) is 16.5. The van der Waals surface area contributed by atoms with Gasteiger partial charge in [0.2, 0.25) is 11.8 Å². The Morgan fingerprint density at radius 1 is 0.956 bits per heavy atom. The number of H-pyrrole nitrogens is 1. The van der Waals surface area contributed by atoms with E-state index in [9.17, 15) is 18.4 Å². The van der Waals surface area contributed by atoms with E-state index < -0.39 is 29.6 Å². The molecule has 2 aromatic heterocycles. The number of fused-ring (bicyclic) bond motifs is 1. The molecule has 1 aliphatic heterocycles. The molecule has 5 rings (SSSR count). The Morgan fingerprint density at radius 2 is 1.73 bits per heavy atom. The van der Waals surface area contributed by atoms with E-state index in [2.05, 4.69) is 30.8 Å². The molecule has 1 saturated carbocycles. The van der Waals surface area contributed by atoms with Crippen LogP contribution in [0.1, 0.15) is 81.8 Å². The molecule has 2 aliphatic rings. The van der Waals surface area contributed by atoms with Crippen LogP contribution in [0.2, 0.25) is 5.02 Å². The Morgan fingerprint density at radius 3 is 2.51 bits per heavy atom. The van der Waals surface area contributed by atoms with Crippen molar-refractivity contribution in [2.75, 3.05) is 19.6 Å². The molecule has 3 heterocycles. The van der Waals surface area contributed by atoms with Crippen LogP contribution in [-0.2, 0) is 22.6 Å². The molecule has 2 amide bonds. The maximum Gasteiger partial charge on any atom is 0.243 e. The van der Waals surface area contributed by atoms with Gasteiger partial charge in [-0.3, -0.25) is 9.59 Å². The Balaban J connectivity index is 1.26. The van der Waals surface area contributed by atoms with E-state index in [1.807, 2.05) is 6.07 Å². The van der Waals surface area contributed by atoms with Gasteiger partial charge in [-0.25, -0.2) is 13.8 Å².